The van der Waals surface area contributed by atoms with Gasteiger partial charge in [0.05, 0.1) is 18.3 Å². The smallest absolute Gasteiger partial charge is 0.263 e. The lowest BCUT2D eigenvalue weighted by atomic mass is 10.2. The molecule has 0 spiro atoms. The fraction of sp³-hybridized carbons (Fsp3) is 0.250. The van der Waals surface area contributed by atoms with Crippen LogP contribution in [0, 0.1) is 0 Å². The molecule has 140 valence electrons. The van der Waals surface area contributed by atoms with Crippen molar-refractivity contribution in [3.8, 4) is 11.5 Å². The quantitative estimate of drug-likeness (QED) is 0.653. The lowest BCUT2D eigenvalue weighted by Crippen LogP contribution is -2.28. The van der Waals surface area contributed by atoms with Crippen LogP contribution in [0.15, 0.2) is 58.5 Å². The molecule has 0 aliphatic carbocycles. The van der Waals surface area contributed by atoms with Gasteiger partial charge in [-0.05, 0) is 44.2 Å². The van der Waals surface area contributed by atoms with Gasteiger partial charge in [-0.1, -0.05) is 6.07 Å². The van der Waals surface area contributed by atoms with Crippen LogP contribution < -0.4 is 15.0 Å². The Kier molecular flexibility index (Phi) is 6.03. The van der Waals surface area contributed by atoms with E-state index in [0.29, 0.717) is 29.2 Å². The number of hydrogen-bond acceptors (Lipinski definition) is 6. The van der Waals surface area contributed by atoms with Gasteiger partial charge >= 0.3 is 0 Å². The standard InChI is InChI=1S/C20H21N3O3S/c1-14(2)22-19-6-4-5-9-23(19)20(24)15-7-8-17(18(10-15)25-3)26-11-16-12-27-13-21-16/h4-10,12-14H,11H2,1-3H3. The molecule has 0 saturated heterocycles. The van der Waals surface area contributed by atoms with E-state index in [4.69, 9.17) is 9.47 Å². The van der Waals surface area contributed by atoms with Crippen LogP contribution in [-0.2, 0) is 6.61 Å². The Hall–Kier alpha value is -2.93. The van der Waals surface area contributed by atoms with Gasteiger partial charge in [-0.3, -0.25) is 14.4 Å². The second-order valence-electron chi connectivity index (χ2n) is 6.09. The monoisotopic (exact) mass is 383 g/mol. The van der Waals surface area contributed by atoms with Gasteiger partial charge in [-0.15, -0.1) is 11.3 Å². The second-order valence-corrected chi connectivity index (χ2v) is 6.81. The van der Waals surface area contributed by atoms with E-state index >= 15 is 0 Å². The van der Waals surface area contributed by atoms with Crippen LogP contribution in [-0.4, -0.2) is 28.6 Å². The largest absolute Gasteiger partial charge is 0.493 e. The van der Waals surface area contributed by atoms with E-state index in [-0.39, 0.29) is 11.9 Å². The third-order valence-corrected chi connectivity index (χ3v) is 4.35. The summed E-state index contributed by atoms with van der Waals surface area (Å²) in [6.45, 7) is 4.29. The van der Waals surface area contributed by atoms with Crippen molar-refractivity contribution in [2.45, 2.75) is 26.5 Å². The summed E-state index contributed by atoms with van der Waals surface area (Å²) in [5, 5.41) is 1.93. The highest BCUT2D eigenvalue weighted by Crippen LogP contribution is 2.29. The molecule has 0 amide bonds. The Morgan fingerprint density at radius 2 is 2.11 bits per heavy atom. The third-order valence-electron chi connectivity index (χ3n) is 3.72. The number of methoxy groups -OCH3 is 1. The minimum Gasteiger partial charge on any atom is -0.493 e. The van der Waals surface area contributed by atoms with Crippen molar-refractivity contribution >= 4 is 17.2 Å². The average Bonchev–Trinajstić information content (AvgIpc) is 3.19. The molecular formula is C20H21N3O3S. The first-order valence-electron chi connectivity index (χ1n) is 8.52. The fourth-order valence-electron chi connectivity index (χ4n) is 2.50. The summed E-state index contributed by atoms with van der Waals surface area (Å²) in [7, 11) is 1.55. The maximum Gasteiger partial charge on any atom is 0.263 e. The van der Waals surface area contributed by atoms with Gasteiger partial charge in [0.15, 0.2) is 11.5 Å². The zero-order valence-electron chi connectivity index (χ0n) is 15.5. The number of carbonyl (C=O) groups excluding carboxylic acids is 1. The molecule has 3 aromatic rings. The molecule has 2 aromatic heterocycles. The molecule has 7 heteroatoms. The van der Waals surface area contributed by atoms with Crippen molar-refractivity contribution in [3.63, 3.8) is 0 Å². The number of thiazole rings is 1. The normalized spacial score (nSPS) is 11.6. The minimum absolute atomic E-state index is 0.0856. The molecule has 0 fully saturated rings. The molecular weight excluding hydrogens is 362 g/mol. The summed E-state index contributed by atoms with van der Waals surface area (Å²) in [5.41, 5.74) is 3.71. The fourth-order valence-corrected chi connectivity index (χ4v) is 3.04. The summed E-state index contributed by atoms with van der Waals surface area (Å²) >= 11 is 1.52. The number of benzene rings is 1. The highest BCUT2D eigenvalue weighted by atomic mass is 32.1. The Balaban J connectivity index is 1.88. The van der Waals surface area contributed by atoms with Crippen LogP contribution >= 0.6 is 11.3 Å². The van der Waals surface area contributed by atoms with Crippen LogP contribution in [0.5, 0.6) is 11.5 Å². The number of aromatic nitrogens is 2. The van der Waals surface area contributed by atoms with Gasteiger partial charge in [0.2, 0.25) is 0 Å². The van der Waals surface area contributed by atoms with E-state index in [9.17, 15) is 4.79 Å². The van der Waals surface area contributed by atoms with Gasteiger partial charge in [0.1, 0.15) is 12.1 Å². The van der Waals surface area contributed by atoms with E-state index in [2.05, 4.69) is 9.98 Å². The third kappa shape index (κ3) is 4.62. The van der Waals surface area contributed by atoms with Crippen molar-refractivity contribution < 1.29 is 14.3 Å². The SMILES string of the molecule is COc1cc(C(=O)n2ccccc2=NC(C)C)ccc1OCc1cscn1. The molecule has 0 aliphatic heterocycles. The molecule has 27 heavy (non-hydrogen) atoms. The first kappa shape index (κ1) is 18.8. The number of rotatable bonds is 6. The molecule has 1 aromatic carbocycles. The lowest BCUT2D eigenvalue weighted by Gasteiger charge is -2.12. The average molecular weight is 383 g/mol. The predicted octanol–water partition coefficient (Wildman–Crippen LogP) is 3.53. The van der Waals surface area contributed by atoms with Gasteiger partial charge in [0, 0.05) is 23.2 Å². The van der Waals surface area contributed by atoms with Crippen molar-refractivity contribution in [1.82, 2.24) is 9.55 Å². The number of hydrogen-bond donors (Lipinski definition) is 0. The summed E-state index contributed by atoms with van der Waals surface area (Å²) in [6.07, 6.45) is 1.71. The molecule has 0 bridgehead atoms. The van der Waals surface area contributed by atoms with Crippen LogP contribution in [0.1, 0.15) is 29.9 Å². The van der Waals surface area contributed by atoms with E-state index in [0.717, 1.165) is 5.69 Å². The lowest BCUT2D eigenvalue weighted by molar-refractivity contribution is 0.0954. The molecule has 3 rings (SSSR count). The van der Waals surface area contributed by atoms with Crippen LogP contribution in [0.4, 0.5) is 0 Å². The molecule has 0 atom stereocenters. The number of nitrogens with zero attached hydrogens (tertiary/aromatic N) is 3. The van der Waals surface area contributed by atoms with Crippen LogP contribution in [0.25, 0.3) is 0 Å². The molecule has 2 heterocycles. The molecule has 6 nitrogen and oxygen atoms in total. The molecule has 0 radical (unpaired) electrons. The Labute approximate surface area is 161 Å². The topological polar surface area (TPSA) is 65.7 Å². The highest BCUT2D eigenvalue weighted by Gasteiger charge is 2.14. The van der Waals surface area contributed by atoms with Crippen LogP contribution in [0.3, 0.4) is 0 Å². The van der Waals surface area contributed by atoms with Gasteiger partial charge in [-0.25, -0.2) is 4.98 Å². The number of ether oxygens (including phenoxy) is 2. The first-order valence-corrected chi connectivity index (χ1v) is 9.47. The van der Waals surface area contributed by atoms with Crippen molar-refractivity contribution in [3.05, 3.63) is 70.2 Å². The van der Waals surface area contributed by atoms with Crippen molar-refractivity contribution in [2.24, 2.45) is 4.99 Å². The van der Waals surface area contributed by atoms with E-state index in [1.54, 1.807) is 43.1 Å². The molecule has 0 N–H and O–H groups in total. The predicted molar refractivity (Wildman–Crippen MR) is 104 cm³/mol. The summed E-state index contributed by atoms with van der Waals surface area (Å²) in [6, 6.07) is 10.7. The van der Waals surface area contributed by atoms with Gasteiger partial charge < -0.3 is 9.47 Å². The summed E-state index contributed by atoms with van der Waals surface area (Å²) in [4.78, 5) is 21.7. The van der Waals surface area contributed by atoms with Crippen molar-refractivity contribution in [1.29, 1.82) is 0 Å². The second kappa shape index (κ2) is 8.64. The summed E-state index contributed by atoms with van der Waals surface area (Å²) in [5.74, 6) is 0.876. The zero-order chi connectivity index (χ0) is 19.2. The first-order chi connectivity index (χ1) is 13.1. The number of pyridine rings is 1. The Morgan fingerprint density at radius 1 is 1.26 bits per heavy atom. The molecule has 0 aliphatic rings. The highest BCUT2D eigenvalue weighted by molar-refractivity contribution is 7.07. The van der Waals surface area contributed by atoms with Crippen LogP contribution in [0.2, 0.25) is 0 Å². The summed E-state index contributed by atoms with van der Waals surface area (Å²) < 4.78 is 12.7. The van der Waals surface area contributed by atoms with Gasteiger partial charge in [0.25, 0.3) is 5.91 Å². The zero-order valence-corrected chi connectivity index (χ0v) is 16.3. The van der Waals surface area contributed by atoms with Gasteiger partial charge in [-0.2, -0.15) is 0 Å². The minimum atomic E-state index is -0.181. The molecule has 0 saturated carbocycles. The Morgan fingerprint density at radius 3 is 2.81 bits per heavy atom. The van der Waals surface area contributed by atoms with Crippen molar-refractivity contribution in [2.75, 3.05) is 7.11 Å². The van der Waals surface area contributed by atoms with E-state index in [1.165, 1.54) is 15.9 Å². The van der Waals surface area contributed by atoms with E-state index < -0.39 is 0 Å². The maximum atomic E-state index is 13.0. The maximum absolute atomic E-state index is 13.0. The molecule has 0 unspecified atom stereocenters. The Bertz CT molecular complexity index is 978. The number of carbonyl (C=O) groups is 1. The van der Waals surface area contributed by atoms with E-state index in [1.807, 2.05) is 31.4 Å².